The summed E-state index contributed by atoms with van der Waals surface area (Å²) in [5.74, 6) is 5.85. The minimum atomic E-state index is -3.59. The van der Waals surface area contributed by atoms with Gasteiger partial charge in [0.25, 0.3) is 5.91 Å². The molecule has 3 aromatic carbocycles. The molecule has 31 heavy (non-hydrogen) atoms. The van der Waals surface area contributed by atoms with Crippen molar-refractivity contribution in [2.45, 2.75) is 24.8 Å². The molecule has 1 N–H and O–H groups in total. The van der Waals surface area contributed by atoms with Crippen LogP contribution in [-0.2, 0) is 10.0 Å². The largest absolute Gasteiger partial charge is 0.322 e. The van der Waals surface area contributed by atoms with E-state index < -0.39 is 10.0 Å². The second-order valence-corrected chi connectivity index (χ2v) is 9.29. The summed E-state index contributed by atoms with van der Waals surface area (Å²) in [5.41, 5.74) is 2.67. The predicted octanol–water partition coefficient (Wildman–Crippen LogP) is 4.37. The highest BCUT2D eigenvalue weighted by atomic mass is 32.2. The van der Waals surface area contributed by atoms with E-state index in [2.05, 4.69) is 17.2 Å². The SMILES string of the molecule is CC(C)N(C)S(=O)(=O)c1ccc(C(=O)Nc2cccc(C#Cc3ccccc3)c2)cc1. The van der Waals surface area contributed by atoms with Gasteiger partial charge < -0.3 is 5.32 Å². The molecule has 0 aliphatic carbocycles. The summed E-state index contributed by atoms with van der Waals surface area (Å²) < 4.78 is 26.4. The van der Waals surface area contributed by atoms with E-state index in [0.717, 1.165) is 11.1 Å². The zero-order chi connectivity index (χ0) is 22.4. The van der Waals surface area contributed by atoms with Crippen molar-refractivity contribution in [3.63, 3.8) is 0 Å². The molecular formula is C25H24N2O3S. The summed E-state index contributed by atoms with van der Waals surface area (Å²) in [5, 5.41) is 2.83. The van der Waals surface area contributed by atoms with Crippen molar-refractivity contribution in [2.24, 2.45) is 0 Å². The average Bonchev–Trinajstić information content (AvgIpc) is 2.78. The molecule has 0 atom stereocenters. The maximum atomic E-state index is 12.6. The van der Waals surface area contributed by atoms with Gasteiger partial charge in [0.1, 0.15) is 0 Å². The highest BCUT2D eigenvalue weighted by molar-refractivity contribution is 7.89. The van der Waals surface area contributed by atoms with Gasteiger partial charge in [0.15, 0.2) is 0 Å². The van der Waals surface area contributed by atoms with Crippen LogP contribution in [0.15, 0.2) is 83.8 Å². The number of amides is 1. The lowest BCUT2D eigenvalue weighted by Gasteiger charge is -2.21. The number of carbonyl (C=O) groups excluding carboxylic acids is 1. The Morgan fingerprint density at radius 2 is 1.48 bits per heavy atom. The quantitative estimate of drug-likeness (QED) is 0.609. The number of benzene rings is 3. The first-order valence-corrected chi connectivity index (χ1v) is 11.3. The van der Waals surface area contributed by atoms with Crippen LogP contribution in [0.2, 0.25) is 0 Å². The van der Waals surface area contributed by atoms with E-state index in [1.807, 2.05) is 42.5 Å². The Kier molecular flexibility index (Phi) is 6.91. The normalized spacial score (nSPS) is 11.1. The van der Waals surface area contributed by atoms with Crippen LogP contribution in [-0.4, -0.2) is 31.7 Å². The molecule has 5 nitrogen and oxygen atoms in total. The third-order valence-electron chi connectivity index (χ3n) is 4.77. The lowest BCUT2D eigenvalue weighted by molar-refractivity contribution is 0.102. The third kappa shape index (κ3) is 5.60. The standard InChI is InChI=1S/C25H24N2O3S/c1-19(2)27(3)31(29,30)24-16-14-22(15-17-24)25(28)26-23-11-7-10-21(18-23)13-12-20-8-5-4-6-9-20/h4-11,14-19H,1-3H3,(H,26,28). The first-order valence-electron chi connectivity index (χ1n) is 9.84. The van der Waals surface area contributed by atoms with Crippen molar-refractivity contribution in [1.29, 1.82) is 0 Å². The molecule has 0 heterocycles. The number of anilines is 1. The minimum Gasteiger partial charge on any atom is -0.322 e. The van der Waals surface area contributed by atoms with Crippen molar-refractivity contribution in [3.05, 3.63) is 95.6 Å². The maximum Gasteiger partial charge on any atom is 0.255 e. The molecule has 158 valence electrons. The zero-order valence-electron chi connectivity index (χ0n) is 17.7. The first kappa shape index (κ1) is 22.3. The molecule has 3 aromatic rings. The molecule has 1 amide bonds. The summed E-state index contributed by atoms with van der Waals surface area (Å²) in [6.45, 7) is 3.61. The van der Waals surface area contributed by atoms with Gasteiger partial charge in [-0.2, -0.15) is 4.31 Å². The van der Waals surface area contributed by atoms with Gasteiger partial charge in [0, 0.05) is 35.5 Å². The van der Waals surface area contributed by atoms with E-state index in [0.29, 0.717) is 11.3 Å². The smallest absolute Gasteiger partial charge is 0.255 e. The Morgan fingerprint density at radius 1 is 0.871 bits per heavy atom. The Morgan fingerprint density at radius 3 is 2.13 bits per heavy atom. The Bertz CT molecular complexity index is 1220. The molecule has 0 bridgehead atoms. The van der Waals surface area contributed by atoms with E-state index in [-0.39, 0.29) is 16.8 Å². The second-order valence-electron chi connectivity index (χ2n) is 7.29. The lowest BCUT2D eigenvalue weighted by Crippen LogP contribution is -2.33. The summed E-state index contributed by atoms with van der Waals surface area (Å²) in [4.78, 5) is 12.8. The summed E-state index contributed by atoms with van der Waals surface area (Å²) >= 11 is 0. The Hall–Kier alpha value is -3.40. The van der Waals surface area contributed by atoms with Gasteiger partial charge in [0.05, 0.1) is 4.90 Å². The van der Waals surface area contributed by atoms with Crippen LogP contribution < -0.4 is 5.32 Å². The highest BCUT2D eigenvalue weighted by Crippen LogP contribution is 2.18. The van der Waals surface area contributed by atoms with Crippen LogP contribution in [0.1, 0.15) is 35.3 Å². The molecule has 0 radical (unpaired) electrons. The first-order chi connectivity index (χ1) is 14.8. The summed E-state index contributed by atoms with van der Waals surface area (Å²) in [7, 11) is -2.05. The third-order valence-corrected chi connectivity index (χ3v) is 6.81. The van der Waals surface area contributed by atoms with Gasteiger partial charge in [0.2, 0.25) is 10.0 Å². The number of nitrogens with one attached hydrogen (secondary N) is 1. The number of hydrogen-bond acceptors (Lipinski definition) is 3. The summed E-state index contributed by atoms with van der Waals surface area (Å²) in [6, 6.07) is 22.7. The van der Waals surface area contributed by atoms with Crippen molar-refractivity contribution >= 4 is 21.6 Å². The van der Waals surface area contributed by atoms with Crippen molar-refractivity contribution in [1.82, 2.24) is 4.31 Å². The highest BCUT2D eigenvalue weighted by Gasteiger charge is 2.23. The number of hydrogen-bond donors (Lipinski definition) is 1. The number of carbonyl (C=O) groups is 1. The van der Waals surface area contributed by atoms with E-state index in [1.165, 1.54) is 35.6 Å². The second kappa shape index (κ2) is 9.61. The number of sulfonamides is 1. The topological polar surface area (TPSA) is 66.5 Å². The van der Waals surface area contributed by atoms with Crippen molar-refractivity contribution < 1.29 is 13.2 Å². The molecule has 0 unspecified atom stereocenters. The van der Waals surface area contributed by atoms with E-state index >= 15 is 0 Å². The monoisotopic (exact) mass is 432 g/mol. The van der Waals surface area contributed by atoms with Gasteiger partial charge in [-0.25, -0.2) is 8.42 Å². The molecule has 0 saturated heterocycles. The van der Waals surface area contributed by atoms with Gasteiger partial charge in [-0.05, 0) is 68.4 Å². The average molecular weight is 433 g/mol. The predicted molar refractivity (Wildman–Crippen MR) is 123 cm³/mol. The maximum absolute atomic E-state index is 12.6. The molecule has 0 aliphatic heterocycles. The molecule has 6 heteroatoms. The van der Waals surface area contributed by atoms with E-state index in [1.54, 1.807) is 26.0 Å². The van der Waals surface area contributed by atoms with Crippen LogP contribution in [0, 0.1) is 11.8 Å². The van der Waals surface area contributed by atoms with Crippen LogP contribution in [0.4, 0.5) is 5.69 Å². The molecule has 0 aromatic heterocycles. The summed E-state index contributed by atoms with van der Waals surface area (Å²) in [6.07, 6.45) is 0. The Balaban J connectivity index is 1.73. The Labute approximate surface area is 183 Å². The van der Waals surface area contributed by atoms with Gasteiger partial charge in [-0.15, -0.1) is 0 Å². The minimum absolute atomic E-state index is 0.151. The van der Waals surface area contributed by atoms with Crippen LogP contribution in [0.25, 0.3) is 0 Å². The molecule has 0 aliphatic rings. The fraction of sp³-hybridized carbons (Fsp3) is 0.160. The molecule has 0 spiro atoms. The van der Waals surface area contributed by atoms with E-state index in [9.17, 15) is 13.2 Å². The van der Waals surface area contributed by atoms with Crippen molar-refractivity contribution in [2.75, 3.05) is 12.4 Å². The molecule has 3 rings (SSSR count). The lowest BCUT2D eigenvalue weighted by atomic mass is 10.1. The molecule has 0 saturated carbocycles. The zero-order valence-corrected chi connectivity index (χ0v) is 18.5. The van der Waals surface area contributed by atoms with Gasteiger partial charge in [-0.3, -0.25) is 4.79 Å². The fourth-order valence-corrected chi connectivity index (χ4v) is 4.13. The van der Waals surface area contributed by atoms with E-state index in [4.69, 9.17) is 0 Å². The van der Waals surface area contributed by atoms with Crippen LogP contribution in [0.3, 0.4) is 0 Å². The van der Waals surface area contributed by atoms with Crippen LogP contribution >= 0.6 is 0 Å². The fourth-order valence-electron chi connectivity index (χ4n) is 2.77. The number of nitrogens with zero attached hydrogens (tertiary/aromatic N) is 1. The van der Waals surface area contributed by atoms with Crippen LogP contribution in [0.5, 0.6) is 0 Å². The van der Waals surface area contributed by atoms with Gasteiger partial charge in [-0.1, -0.05) is 36.1 Å². The van der Waals surface area contributed by atoms with Crippen molar-refractivity contribution in [3.8, 4) is 11.8 Å². The number of rotatable bonds is 5. The molecule has 0 fully saturated rings. The van der Waals surface area contributed by atoms with Gasteiger partial charge >= 0.3 is 0 Å². The molecular weight excluding hydrogens is 408 g/mol.